The summed E-state index contributed by atoms with van der Waals surface area (Å²) >= 11 is 5.62. The third-order valence-electron chi connectivity index (χ3n) is 6.14. The van der Waals surface area contributed by atoms with E-state index in [0.29, 0.717) is 12.0 Å². The van der Waals surface area contributed by atoms with Gasteiger partial charge in [-0.1, -0.05) is 23.7 Å². The molecule has 0 saturated heterocycles. The van der Waals surface area contributed by atoms with E-state index in [0.717, 1.165) is 31.0 Å². The highest BCUT2D eigenvalue weighted by Gasteiger charge is 2.57. The first-order valence-corrected chi connectivity index (χ1v) is 11.0. The summed E-state index contributed by atoms with van der Waals surface area (Å²) in [5, 5.41) is 5.81. The molecule has 3 fully saturated rings. The molecule has 0 radical (unpaired) electrons. The predicted octanol–water partition coefficient (Wildman–Crippen LogP) is 4.74. The van der Waals surface area contributed by atoms with Gasteiger partial charge in [0.05, 0.1) is 10.6 Å². The number of hydrogen-bond donors (Lipinski definition) is 2. The molecule has 3 aliphatic rings. The van der Waals surface area contributed by atoms with Gasteiger partial charge in [0.25, 0.3) is 5.91 Å². The molecule has 0 heterocycles. The third-order valence-corrected chi connectivity index (χ3v) is 6.45. The number of benzene rings is 2. The second-order valence-corrected chi connectivity index (χ2v) is 9.04. The lowest BCUT2D eigenvalue weighted by Crippen LogP contribution is -2.53. The molecule has 5 rings (SSSR count). The Kier molecular flexibility index (Phi) is 6.58. The van der Waals surface area contributed by atoms with Crippen molar-refractivity contribution in [1.29, 1.82) is 0 Å². The minimum absolute atomic E-state index is 0.0375. The predicted molar refractivity (Wildman–Crippen MR) is 118 cm³/mol. The van der Waals surface area contributed by atoms with Crippen molar-refractivity contribution >= 4 is 29.5 Å². The van der Waals surface area contributed by atoms with Crippen molar-refractivity contribution in [3.8, 4) is 5.75 Å². The van der Waals surface area contributed by atoms with E-state index in [1.165, 1.54) is 36.4 Å². The second kappa shape index (κ2) is 9.29. The monoisotopic (exact) mass is 496 g/mol. The van der Waals surface area contributed by atoms with Crippen LogP contribution in [0.3, 0.4) is 0 Å². The van der Waals surface area contributed by atoms with Gasteiger partial charge in [-0.15, -0.1) is 0 Å². The van der Waals surface area contributed by atoms with E-state index in [1.807, 2.05) is 0 Å². The largest absolute Gasteiger partial charge is 0.484 e. The van der Waals surface area contributed by atoms with Gasteiger partial charge in [-0.3, -0.25) is 9.59 Å². The van der Waals surface area contributed by atoms with Gasteiger partial charge in [0.2, 0.25) is 5.91 Å². The fourth-order valence-electron chi connectivity index (χ4n) is 4.54. The molecule has 2 aromatic carbocycles. The first-order chi connectivity index (χ1) is 16.0. The maximum absolute atomic E-state index is 13.5. The lowest BCUT2D eigenvalue weighted by atomic mass is 9.76. The highest BCUT2D eigenvalue weighted by atomic mass is 35.5. The lowest BCUT2D eigenvalue weighted by Gasteiger charge is -2.39. The van der Waals surface area contributed by atoms with Crippen LogP contribution < -0.4 is 15.4 Å². The van der Waals surface area contributed by atoms with E-state index in [9.17, 15) is 27.2 Å². The molecule has 1 atom stereocenters. The van der Waals surface area contributed by atoms with Crippen LogP contribution in [0.1, 0.15) is 30.4 Å². The van der Waals surface area contributed by atoms with Crippen LogP contribution in [0.15, 0.2) is 48.5 Å². The number of carbonyl (C=O) groups is 2. The van der Waals surface area contributed by atoms with Crippen molar-refractivity contribution in [3.63, 3.8) is 0 Å². The Morgan fingerprint density at radius 1 is 1.12 bits per heavy atom. The number of amides is 2. The molecule has 3 aliphatic carbocycles. The fraction of sp³-hybridized carbons (Fsp3) is 0.333. The van der Waals surface area contributed by atoms with E-state index in [1.54, 1.807) is 0 Å². The first-order valence-electron chi connectivity index (χ1n) is 10.6. The Labute approximate surface area is 198 Å². The summed E-state index contributed by atoms with van der Waals surface area (Å²) in [6, 6.07) is 8.31. The van der Waals surface area contributed by atoms with E-state index >= 15 is 0 Å². The molecule has 0 spiro atoms. The normalized spacial score (nSPS) is 23.4. The van der Waals surface area contributed by atoms with Crippen molar-refractivity contribution in [2.75, 3.05) is 6.61 Å². The van der Waals surface area contributed by atoms with Crippen LogP contribution in [0.2, 0.25) is 5.02 Å². The molecular formula is C24H21ClF4N2O3. The molecule has 2 bridgehead atoms. The maximum Gasteiger partial charge on any atom is 0.416 e. The van der Waals surface area contributed by atoms with Gasteiger partial charge in [-0.05, 0) is 61.1 Å². The van der Waals surface area contributed by atoms with Crippen LogP contribution in [0.25, 0.3) is 6.08 Å². The van der Waals surface area contributed by atoms with Gasteiger partial charge < -0.3 is 15.4 Å². The molecule has 0 aliphatic heterocycles. The quantitative estimate of drug-likeness (QED) is 0.430. The van der Waals surface area contributed by atoms with E-state index in [2.05, 4.69) is 10.6 Å². The highest BCUT2D eigenvalue weighted by molar-refractivity contribution is 6.30. The van der Waals surface area contributed by atoms with Crippen molar-refractivity contribution in [2.45, 2.75) is 37.0 Å². The summed E-state index contributed by atoms with van der Waals surface area (Å²) in [6.07, 6.45) is 0.336. The first kappa shape index (κ1) is 24.1. The average molecular weight is 497 g/mol. The molecule has 2 amide bonds. The zero-order valence-corrected chi connectivity index (χ0v) is 18.5. The number of nitrogens with one attached hydrogen (secondary N) is 2. The molecule has 34 heavy (non-hydrogen) atoms. The Bertz CT molecular complexity index is 1110. The van der Waals surface area contributed by atoms with E-state index in [-0.39, 0.29) is 41.2 Å². The number of halogens is 5. The Hall–Kier alpha value is -3.07. The number of fused-ring (bicyclic) bond motifs is 1. The SMILES string of the molecule is O=C(/C=C/c1ccc(C(F)(F)F)cc1)N[C@H]1CC2(NC(=O)COc3ccc(Cl)c(F)c3)CC1C2. The molecule has 2 aromatic rings. The van der Waals surface area contributed by atoms with Crippen LogP contribution in [0.5, 0.6) is 5.75 Å². The van der Waals surface area contributed by atoms with Gasteiger partial charge in [-0.2, -0.15) is 13.2 Å². The topological polar surface area (TPSA) is 67.4 Å². The molecular weight excluding hydrogens is 476 g/mol. The maximum atomic E-state index is 13.5. The standard InChI is InChI=1S/C24H21ClF4N2O3/c25-18-7-6-17(9-19(18)26)34-13-22(33)31-23-10-15(11-23)20(12-23)30-21(32)8-3-14-1-4-16(5-2-14)24(27,28)29/h1-9,15,20H,10-13H2,(H,30,32)(H,31,33)/b8-3+/t15?,20-,23?/m0/s1. The van der Waals surface area contributed by atoms with Crippen molar-refractivity contribution in [3.05, 3.63) is 70.5 Å². The minimum atomic E-state index is -4.41. The molecule has 0 unspecified atom stereocenters. The summed E-state index contributed by atoms with van der Waals surface area (Å²) in [7, 11) is 0. The molecule has 0 aromatic heterocycles. The van der Waals surface area contributed by atoms with Gasteiger partial charge in [-0.25, -0.2) is 4.39 Å². The van der Waals surface area contributed by atoms with Gasteiger partial charge in [0.1, 0.15) is 11.6 Å². The fourth-order valence-corrected chi connectivity index (χ4v) is 4.66. The zero-order chi connectivity index (χ0) is 24.5. The van der Waals surface area contributed by atoms with Crippen LogP contribution in [-0.4, -0.2) is 30.0 Å². The smallest absolute Gasteiger partial charge is 0.416 e. The van der Waals surface area contributed by atoms with E-state index in [4.69, 9.17) is 16.3 Å². The van der Waals surface area contributed by atoms with Crippen LogP contribution >= 0.6 is 11.6 Å². The average Bonchev–Trinajstić information content (AvgIpc) is 3.26. The number of rotatable bonds is 7. The summed E-state index contributed by atoms with van der Waals surface area (Å²) in [4.78, 5) is 24.6. The number of ether oxygens (including phenoxy) is 1. The van der Waals surface area contributed by atoms with Gasteiger partial charge in [0.15, 0.2) is 6.61 Å². The van der Waals surface area contributed by atoms with Crippen LogP contribution in [0, 0.1) is 11.7 Å². The van der Waals surface area contributed by atoms with Gasteiger partial charge >= 0.3 is 6.18 Å². The minimum Gasteiger partial charge on any atom is -0.484 e. The summed E-state index contributed by atoms with van der Waals surface area (Å²) < 4.78 is 56.7. The van der Waals surface area contributed by atoms with Crippen LogP contribution in [0.4, 0.5) is 17.6 Å². The number of carbonyl (C=O) groups excluding carboxylic acids is 2. The second-order valence-electron chi connectivity index (χ2n) is 8.63. The Morgan fingerprint density at radius 2 is 1.82 bits per heavy atom. The lowest BCUT2D eigenvalue weighted by molar-refractivity contribution is -0.137. The number of hydrogen-bond acceptors (Lipinski definition) is 3. The summed E-state index contributed by atoms with van der Waals surface area (Å²) in [5.41, 5.74) is -0.688. The van der Waals surface area contributed by atoms with Crippen LogP contribution in [-0.2, 0) is 15.8 Å². The zero-order valence-electron chi connectivity index (χ0n) is 17.8. The molecule has 10 heteroatoms. The number of alkyl halides is 3. The third kappa shape index (κ3) is 5.52. The van der Waals surface area contributed by atoms with E-state index < -0.39 is 23.1 Å². The summed E-state index contributed by atoms with van der Waals surface area (Å²) in [5.74, 6) is -0.913. The molecule has 5 nitrogen and oxygen atoms in total. The molecule has 3 saturated carbocycles. The highest BCUT2D eigenvalue weighted by Crippen LogP contribution is 2.52. The van der Waals surface area contributed by atoms with Crippen molar-refractivity contribution in [2.24, 2.45) is 5.92 Å². The molecule has 180 valence electrons. The van der Waals surface area contributed by atoms with Gasteiger partial charge in [0, 0.05) is 23.7 Å². The Balaban J connectivity index is 1.23. The Morgan fingerprint density at radius 3 is 2.47 bits per heavy atom. The van der Waals surface area contributed by atoms with Crippen molar-refractivity contribution < 1.29 is 31.9 Å². The molecule has 2 N–H and O–H groups in total. The van der Waals surface area contributed by atoms with Crippen molar-refractivity contribution in [1.82, 2.24) is 10.6 Å². The summed E-state index contributed by atoms with van der Waals surface area (Å²) in [6.45, 7) is -0.277.